The van der Waals surface area contributed by atoms with Gasteiger partial charge in [0, 0.05) is 18.7 Å². The molecule has 0 spiro atoms. The molecule has 1 saturated carbocycles. The molecule has 1 aliphatic carbocycles. The van der Waals surface area contributed by atoms with Crippen molar-refractivity contribution in [2.45, 2.75) is 45.1 Å². The van der Waals surface area contributed by atoms with Crippen LogP contribution in [-0.2, 0) is 6.42 Å². The van der Waals surface area contributed by atoms with Gasteiger partial charge in [0.15, 0.2) is 0 Å². The Kier molecular flexibility index (Phi) is 3.69. The van der Waals surface area contributed by atoms with Gasteiger partial charge in [-0.2, -0.15) is 0 Å². The normalized spacial score (nSPS) is 28.9. The minimum absolute atomic E-state index is 0.0394. The molecule has 1 saturated heterocycles. The lowest BCUT2D eigenvalue weighted by molar-refractivity contribution is -0.00365. The Labute approximate surface area is 125 Å². The van der Waals surface area contributed by atoms with Gasteiger partial charge in [-0.05, 0) is 25.2 Å². The molecule has 1 N–H and O–H groups in total. The van der Waals surface area contributed by atoms with Crippen LogP contribution >= 0.6 is 0 Å². The number of rotatable bonds is 4. The maximum Gasteiger partial charge on any atom is 0.257 e. The van der Waals surface area contributed by atoms with Crippen LogP contribution in [-0.4, -0.2) is 44.6 Å². The number of aromatic nitrogens is 2. The summed E-state index contributed by atoms with van der Waals surface area (Å²) in [6.45, 7) is 5.17. The molecule has 2 atom stereocenters. The molecule has 0 unspecified atom stereocenters. The summed E-state index contributed by atoms with van der Waals surface area (Å²) >= 11 is 0. The number of carbonyl (C=O) groups excluding carboxylic acids is 1. The smallest absolute Gasteiger partial charge is 0.257 e. The molecular weight excluding hydrogens is 266 g/mol. The third kappa shape index (κ3) is 2.55. The molecule has 1 aromatic heterocycles. The highest BCUT2D eigenvalue weighted by molar-refractivity contribution is 5.95. The summed E-state index contributed by atoms with van der Waals surface area (Å²) in [6.07, 6.45) is 6.99. The van der Waals surface area contributed by atoms with Crippen molar-refractivity contribution < 1.29 is 9.90 Å². The van der Waals surface area contributed by atoms with E-state index in [4.69, 9.17) is 0 Å². The van der Waals surface area contributed by atoms with Crippen LogP contribution in [0.3, 0.4) is 0 Å². The molecule has 5 heteroatoms. The largest absolute Gasteiger partial charge is 0.387 e. The molecule has 0 radical (unpaired) electrons. The van der Waals surface area contributed by atoms with Crippen LogP contribution in [0.2, 0.25) is 0 Å². The average molecular weight is 289 g/mol. The second-order valence-corrected chi connectivity index (χ2v) is 6.49. The summed E-state index contributed by atoms with van der Waals surface area (Å²) in [5.41, 5.74) is 0.703. The third-order valence-electron chi connectivity index (χ3n) is 4.88. The standard InChI is InChI=1S/C16H23N3O2/c1-3-4-14-13(7-17-10-18-14)15(20)19-8-11(2)16(21,9-19)12-5-6-12/h7,10-12,21H,3-6,8-9H2,1-2H3/t11-,16+/m1/s1. The van der Waals surface area contributed by atoms with Gasteiger partial charge in [-0.25, -0.2) is 9.97 Å². The van der Waals surface area contributed by atoms with E-state index in [1.807, 2.05) is 6.92 Å². The van der Waals surface area contributed by atoms with Gasteiger partial charge in [-0.15, -0.1) is 0 Å². The fourth-order valence-corrected chi connectivity index (χ4v) is 3.42. The second kappa shape index (κ2) is 5.37. The quantitative estimate of drug-likeness (QED) is 0.915. The molecule has 0 bridgehead atoms. The maximum atomic E-state index is 12.8. The summed E-state index contributed by atoms with van der Waals surface area (Å²) < 4.78 is 0. The van der Waals surface area contributed by atoms with Crippen LogP contribution in [0.5, 0.6) is 0 Å². The van der Waals surface area contributed by atoms with Crippen molar-refractivity contribution in [3.63, 3.8) is 0 Å². The van der Waals surface area contributed by atoms with E-state index in [0.717, 1.165) is 31.4 Å². The van der Waals surface area contributed by atoms with Crippen LogP contribution in [0.1, 0.15) is 49.2 Å². The molecule has 114 valence electrons. The Balaban J connectivity index is 1.80. The lowest BCUT2D eigenvalue weighted by atomic mass is 9.88. The molecule has 1 amide bonds. The van der Waals surface area contributed by atoms with Gasteiger partial charge < -0.3 is 10.0 Å². The van der Waals surface area contributed by atoms with Gasteiger partial charge >= 0.3 is 0 Å². The summed E-state index contributed by atoms with van der Waals surface area (Å²) in [7, 11) is 0. The molecule has 0 aromatic carbocycles. The van der Waals surface area contributed by atoms with Crippen molar-refractivity contribution in [2.24, 2.45) is 11.8 Å². The van der Waals surface area contributed by atoms with Crippen LogP contribution in [0.25, 0.3) is 0 Å². The van der Waals surface area contributed by atoms with Crippen LogP contribution in [0.15, 0.2) is 12.5 Å². The molecule has 2 fully saturated rings. The van der Waals surface area contributed by atoms with Crippen molar-refractivity contribution >= 4 is 5.91 Å². The highest BCUT2D eigenvalue weighted by Gasteiger charge is 2.53. The molecule has 5 nitrogen and oxygen atoms in total. The van der Waals surface area contributed by atoms with Gasteiger partial charge in [0.1, 0.15) is 6.33 Å². The molecule has 1 aliphatic heterocycles. The summed E-state index contributed by atoms with van der Waals surface area (Å²) in [5, 5.41) is 10.8. The molecular formula is C16H23N3O2. The zero-order valence-electron chi connectivity index (χ0n) is 12.7. The zero-order chi connectivity index (χ0) is 15.0. The minimum Gasteiger partial charge on any atom is -0.387 e. The number of amides is 1. The van der Waals surface area contributed by atoms with E-state index in [2.05, 4.69) is 16.9 Å². The van der Waals surface area contributed by atoms with E-state index < -0.39 is 5.60 Å². The monoisotopic (exact) mass is 289 g/mol. The number of aryl methyl sites for hydroxylation is 1. The number of hydrogen-bond acceptors (Lipinski definition) is 4. The SMILES string of the molecule is CCCc1ncncc1C(=O)N1C[C@@H](C)[C@](O)(C2CC2)C1. The van der Waals surface area contributed by atoms with Gasteiger partial charge in [0.2, 0.25) is 0 Å². The number of nitrogens with zero attached hydrogens (tertiary/aromatic N) is 3. The zero-order valence-corrected chi connectivity index (χ0v) is 12.7. The Hall–Kier alpha value is -1.49. The molecule has 21 heavy (non-hydrogen) atoms. The van der Waals surface area contributed by atoms with E-state index >= 15 is 0 Å². The molecule has 2 heterocycles. The number of hydrogen-bond donors (Lipinski definition) is 1. The van der Waals surface area contributed by atoms with Gasteiger partial charge in [-0.1, -0.05) is 20.3 Å². The predicted octanol–water partition coefficient (Wildman–Crippen LogP) is 1.66. The van der Waals surface area contributed by atoms with Crippen molar-refractivity contribution in [2.75, 3.05) is 13.1 Å². The molecule has 1 aromatic rings. The van der Waals surface area contributed by atoms with Crippen LogP contribution in [0, 0.1) is 11.8 Å². The third-order valence-corrected chi connectivity index (χ3v) is 4.88. The Bertz CT molecular complexity index is 544. The van der Waals surface area contributed by atoms with Crippen molar-refractivity contribution in [3.05, 3.63) is 23.8 Å². The first kappa shape index (κ1) is 14.4. The maximum absolute atomic E-state index is 12.8. The fraction of sp³-hybridized carbons (Fsp3) is 0.688. The van der Waals surface area contributed by atoms with E-state index in [1.165, 1.54) is 6.33 Å². The summed E-state index contributed by atoms with van der Waals surface area (Å²) in [6, 6.07) is 0. The Morgan fingerprint density at radius 1 is 1.52 bits per heavy atom. The number of carbonyl (C=O) groups is 1. The highest BCUT2D eigenvalue weighted by Crippen LogP contribution is 2.47. The fourth-order valence-electron chi connectivity index (χ4n) is 3.42. The molecule has 2 aliphatic rings. The minimum atomic E-state index is -0.698. The summed E-state index contributed by atoms with van der Waals surface area (Å²) in [5.74, 6) is 0.461. The van der Waals surface area contributed by atoms with Crippen LogP contribution < -0.4 is 0 Å². The van der Waals surface area contributed by atoms with Crippen molar-refractivity contribution in [3.8, 4) is 0 Å². The van der Waals surface area contributed by atoms with E-state index in [1.54, 1.807) is 11.1 Å². The molecule has 3 rings (SSSR count). The van der Waals surface area contributed by atoms with E-state index in [0.29, 0.717) is 24.6 Å². The second-order valence-electron chi connectivity index (χ2n) is 6.49. The number of aliphatic hydroxyl groups is 1. The number of β-amino-alcohol motifs (C(OH)–C–C–N with tert-alkyl or cyclic N) is 1. The average Bonchev–Trinajstić information content (AvgIpc) is 3.27. The first-order valence-corrected chi connectivity index (χ1v) is 7.86. The Morgan fingerprint density at radius 3 is 2.95 bits per heavy atom. The topological polar surface area (TPSA) is 66.3 Å². The van der Waals surface area contributed by atoms with Gasteiger partial charge in [0.05, 0.1) is 23.4 Å². The van der Waals surface area contributed by atoms with Crippen molar-refractivity contribution in [1.29, 1.82) is 0 Å². The van der Waals surface area contributed by atoms with E-state index in [-0.39, 0.29) is 11.8 Å². The summed E-state index contributed by atoms with van der Waals surface area (Å²) in [4.78, 5) is 22.8. The first-order valence-electron chi connectivity index (χ1n) is 7.86. The van der Waals surface area contributed by atoms with Gasteiger partial charge in [0.25, 0.3) is 5.91 Å². The van der Waals surface area contributed by atoms with Crippen molar-refractivity contribution in [1.82, 2.24) is 14.9 Å². The lowest BCUT2D eigenvalue weighted by Gasteiger charge is -2.26. The highest BCUT2D eigenvalue weighted by atomic mass is 16.3. The van der Waals surface area contributed by atoms with Crippen LogP contribution in [0.4, 0.5) is 0 Å². The lowest BCUT2D eigenvalue weighted by Crippen LogP contribution is -2.40. The first-order chi connectivity index (χ1) is 10.1. The van der Waals surface area contributed by atoms with Gasteiger partial charge in [-0.3, -0.25) is 4.79 Å². The van der Waals surface area contributed by atoms with E-state index in [9.17, 15) is 9.90 Å². The number of likely N-dealkylation sites (tertiary alicyclic amines) is 1. The predicted molar refractivity (Wildman–Crippen MR) is 78.8 cm³/mol. The Morgan fingerprint density at radius 2 is 2.29 bits per heavy atom.